The standard InChI is InChI=1S/C13H21NO/c1-11(2)5-6-13(12(3)4)14-7-9-15-10-8-14/h5-6H,3,7-10H2,1-2,4H3/b13-6-. The Morgan fingerprint density at radius 2 is 1.73 bits per heavy atom. The van der Waals surface area contributed by atoms with Crippen LogP contribution >= 0.6 is 0 Å². The SMILES string of the molecule is C=C(C)/C(=C/C=C(C)C)N1CCOCC1. The maximum atomic E-state index is 5.34. The summed E-state index contributed by atoms with van der Waals surface area (Å²) in [4.78, 5) is 2.34. The van der Waals surface area contributed by atoms with Gasteiger partial charge in [0.2, 0.25) is 0 Å². The first-order valence-electron chi connectivity index (χ1n) is 5.45. The number of morpholine rings is 1. The summed E-state index contributed by atoms with van der Waals surface area (Å²) in [6.45, 7) is 13.9. The summed E-state index contributed by atoms with van der Waals surface area (Å²) in [7, 11) is 0. The summed E-state index contributed by atoms with van der Waals surface area (Å²) in [5.41, 5.74) is 3.66. The van der Waals surface area contributed by atoms with E-state index >= 15 is 0 Å². The topological polar surface area (TPSA) is 12.5 Å². The van der Waals surface area contributed by atoms with Crippen LogP contribution in [-0.2, 0) is 4.74 Å². The zero-order valence-corrected chi connectivity index (χ0v) is 10.0. The van der Waals surface area contributed by atoms with Gasteiger partial charge in [0.05, 0.1) is 13.2 Å². The number of hydrogen-bond acceptors (Lipinski definition) is 2. The first-order valence-corrected chi connectivity index (χ1v) is 5.45. The van der Waals surface area contributed by atoms with Crippen molar-refractivity contribution >= 4 is 0 Å². The summed E-state index contributed by atoms with van der Waals surface area (Å²) in [6, 6.07) is 0. The highest BCUT2D eigenvalue weighted by Gasteiger charge is 2.13. The van der Waals surface area contributed by atoms with Crippen LogP contribution in [0.15, 0.2) is 35.6 Å². The number of allylic oxidation sites excluding steroid dienone is 4. The van der Waals surface area contributed by atoms with Gasteiger partial charge in [-0.05, 0) is 32.4 Å². The molecule has 1 fully saturated rings. The van der Waals surface area contributed by atoms with Crippen LogP contribution in [0.1, 0.15) is 20.8 Å². The van der Waals surface area contributed by atoms with Gasteiger partial charge in [0, 0.05) is 18.8 Å². The molecule has 0 N–H and O–H groups in total. The van der Waals surface area contributed by atoms with Gasteiger partial charge in [-0.1, -0.05) is 18.2 Å². The van der Waals surface area contributed by atoms with E-state index in [1.54, 1.807) is 0 Å². The van der Waals surface area contributed by atoms with Gasteiger partial charge in [0.25, 0.3) is 0 Å². The van der Waals surface area contributed by atoms with Crippen molar-refractivity contribution in [1.82, 2.24) is 4.90 Å². The van der Waals surface area contributed by atoms with Gasteiger partial charge < -0.3 is 9.64 Å². The minimum absolute atomic E-state index is 0.819. The molecule has 1 rings (SSSR count). The molecular formula is C13H21NO. The Kier molecular flexibility index (Phi) is 4.63. The molecule has 0 bridgehead atoms. The number of nitrogens with zero attached hydrogens (tertiary/aromatic N) is 1. The third-order valence-electron chi connectivity index (χ3n) is 2.36. The second kappa shape index (κ2) is 5.76. The Labute approximate surface area is 92.9 Å². The van der Waals surface area contributed by atoms with Crippen molar-refractivity contribution in [2.45, 2.75) is 20.8 Å². The molecular weight excluding hydrogens is 186 g/mol. The number of hydrogen-bond donors (Lipinski definition) is 0. The fourth-order valence-electron chi connectivity index (χ4n) is 1.57. The van der Waals surface area contributed by atoms with Crippen molar-refractivity contribution in [3.05, 3.63) is 35.6 Å². The summed E-state index contributed by atoms with van der Waals surface area (Å²) >= 11 is 0. The van der Waals surface area contributed by atoms with E-state index in [2.05, 4.69) is 44.4 Å². The molecule has 1 aliphatic heterocycles. The van der Waals surface area contributed by atoms with Gasteiger partial charge in [-0.2, -0.15) is 0 Å². The average Bonchev–Trinajstić information content (AvgIpc) is 2.18. The van der Waals surface area contributed by atoms with E-state index in [0.717, 1.165) is 31.9 Å². The third kappa shape index (κ3) is 3.92. The summed E-state index contributed by atoms with van der Waals surface area (Å²) in [5, 5.41) is 0. The second-order valence-electron chi connectivity index (χ2n) is 4.18. The molecule has 0 radical (unpaired) electrons. The van der Waals surface area contributed by atoms with Gasteiger partial charge in [0.15, 0.2) is 0 Å². The van der Waals surface area contributed by atoms with Crippen molar-refractivity contribution in [3.63, 3.8) is 0 Å². The van der Waals surface area contributed by atoms with Crippen molar-refractivity contribution in [2.75, 3.05) is 26.3 Å². The maximum absolute atomic E-state index is 5.34. The minimum atomic E-state index is 0.819. The normalized spacial score (nSPS) is 17.5. The van der Waals surface area contributed by atoms with Gasteiger partial charge in [-0.3, -0.25) is 0 Å². The zero-order chi connectivity index (χ0) is 11.3. The lowest BCUT2D eigenvalue weighted by Gasteiger charge is -2.31. The average molecular weight is 207 g/mol. The lowest BCUT2D eigenvalue weighted by atomic mass is 10.1. The lowest BCUT2D eigenvalue weighted by molar-refractivity contribution is 0.0548. The molecule has 0 aromatic carbocycles. The molecule has 2 nitrogen and oxygen atoms in total. The van der Waals surface area contributed by atoms with Crippen molar-refractivity contribution in [3.8, 4) is 0 Å². The fraction of sp³-hybridized carbons (Fsp3) is 0.538. The van der Waals surface area contributed by atoms with Crippen LogP contribution in [0.3, 0.4) is 0 Å². The molecule has 0 atom stereocenters. The Balaban J connectivity index is 2.76. The highest BCUT2D eigenvalue weighted by Crippen LogP contribution is 2.15. The van der Waals surface area contributed by atoms with Gasteiger partial charge in [0.1, 0.15) is 0 Å². The largest absolute Gasteiger partial charge is 0.378 e. The highest BCUT2D eigenvalue weighted by atomic mass is 16.5. The molecule has 15 heavy (non-hydrogen) atoms. The van der Waals surface area contributed by atoms with E-state index in [1.165, 1.54) is 11.3 Å². The van der Waals surface area contributed by atoms with Crippen LogP contribution in [0.25, 0.3) is 0 Å². The molecule has 0 aromatic heterocycles. The van der Waals surface area contributed by atoms with Gasteiger partial charge >= 0.3 is 0 Å². The number of rotatable bonds is 3. The van der Waals surface area contributed by atoms with Gasteiger partial charge in [-0.15, -0.1) is 0 Å². The van der Waals surface area contributed by atoms with Crippen LogP contribution in [0.5, 0.6) is 0 Å². The fourth-order valence-corrected chi connectivity index (χ4v) is 1.57. The quantitative estimate of drug-likeness (QED) is 0.660. The third-order valence-corrected chi connectivity index (χ3v) is 2.36. The van der Waals surface area contributed by atoms with Crippen molar-refractivity contribution in [1.29, 1.82) is 0 Å². The first kappa shape index (κ1) is 12.1. The summed E-state index contributed by atoms with van der Waals surface area (Å²) < 4.78 is 5.34. The van der Waals surface area contributed by atoms with E-state index in [0.29, 0.717) is 0 Å². The van der Waals surface area contributed by atoms with Crippen molar-refractivity contribution < 1.29 is 4.74 Å². The Morgan fingerprint density at radius 3 is 2.20 bits per heavy atom. The van der Waals surface area contributed by atoms with E-state index in [4.69, 9.17) is 4.74 Å². The summed E-state index contributed by atoms with van der Waals surface area (Å²) in [5.74, 6) is 0. The molecule has 1 saturated heterocycles. The van der Waals surface area contributed by atoms with Crippen LogP contribution < -0.4 is 0 Å². The number of ether oxygens (including phenoxy) is 1. The lowest BCUT2D eigenvalue weighted by Crippen LogP contribution is -2.35. The molecule has 1 aliphatic rings. The van der Waals surface area contributed by atoms with Gasteiger partial charge in [-0.25, -0.2) is 0 Å². The smallest absolute Gasteiger partial charge is 0.0642 e. The van der Waals surface area contributed by atoms with Crippen LogP contribution in [0, 0.1) is 0 Å². The Hall–Kier alpha value is -1.02. The molecule has 0 spiro atoms. The van der Waals surface area contributed by atoms with Crippen LogP contribution in [0.2, 0.25) is 0 Å². The Morgan fingerprint density at radius 1 is 1.13 bits per heavy atom. The molecule has 0 aromatic rings. The van der Waals surface area contributed by atoms with E-state index in [1.807, 2.05) is 0 Å². The van der Waals surface area contributed by atoms with E-state index < -0.39 is 0 Å². The minimum Gasteiger partial charge on any atom is -0.378 e. The molecule has 1 heterocycles. The first-order chi connectivity index (χ1) is 7.11. The van der Waals surface area contributed by atoms with Crippen LogP contribution in [0.4, 0.5) is 0 Å². The summed E-state index contributed by atoms with van der Waals surface area (Å²) in [6.07, 6.45) is 4.29. The molecule has 2 heteroatoms. The predicted molar refractivity (Wildman–Crippen MR) is 64.7 cm³/mol. The van der Waals surface area contributed by atoms with Crippen LogP contribution in [-0.4, -0.2) is 31.2 Å². The molecule has 0 amide bonds. The molecule has 0 saturated carbocycles. The predicted octanol–water partition coefficient (Wildman–Crippen LogP) is 2.74. The molecule has 84 valence electrons. The second-order valence-corrected chi connectivity index (χ2v) is 4.18. The Bertz CT molecular complexity index is 279. The monoisotopic (exact) mass is 207 g/mol. The van der Waals surface area contributed by atoms with E-state index in [9.17, 15) is 0 Å². The zero-order valence-electron chi connectivity index (χ0n) is 10.0. The van der Waals surface area contributed by atoms with Crippen molar-refractivity contribution in [2.24, 2.45) is 0 Å². The molecule has 0 aliphatic carbocycles. The maximum Gasteiger partial charge on any atom is 0.0642 e. The molecule has 0 unspecified atom stereocenters. The highest BCUT2D eigenvalue weighted by molar-refractivity contribution is 5.30. The van der Waals surface area contributed by atoms with E-state index in [-0.39, 0.29) is 0 Å².